The third-order valence-corrected chi connectivity index (χ3v) is 2.31. The van der Waals surface area contributed by atoms with Crippen LogP contribution in [0, 0.1) is 0 Å². The molecule has 0 saturated heterocycles. The molecule has 88 valence electrons. The van der Waals surface area contributed by atoms with Crippen molar-refractivity contribution >= 4 is 11.6 Å². The Labute approximate surface area is 96.1 Å². The lowest BCUT2D eigenvalue weighted by atomic mass is 10.2. The first kappa shape index (κ1) is 11.1. The summed E-state index contributed by atoms with van der Waals surface area (Å²) >= 11 is 0. The van der Waals surface area contributed by atoms with Crippen LogP contribution in [-0.2, 0) is 11.2 Å². The monoisotopic (exact) mass is 234 g/mol. The van der Waals surface area contributed by atoms with Crippen molar-refractivity contribution in [1.29, 1.82) is 0 Å². The molecule has 2 aromatic heterocycles. The predicted molar refractivity (Wildman–Crippen MR) is 59.4 cm³/mol. The highest BCUT2D eigenvalue weighted by Crippen LogP contribution is 2.10. The molecule has 6 heteroatoms. The van der Waals surface area contributed by atoms with Gasteiger partial charge in [0.2, 0.25) is 5.88 Å². The zero-order chi connectivity index (χ0) is 12.4. The minimum Gasteiger partial charge on any atom is -0.482 e. The smallest absolute Gasteiger partial charge is 0.308 e. The van der Waals surface area contributed by atoms with Crippen LogP contribution in [0.1, 0.15) is 5.56 Å². The van der Waals surface area contributed by atoms with Crippen LogP contribution >= 0.6 is 0 Å². The molecule has 2 heterocycles. The molecule has 6 nitrogen and oxygen atoms in total. The van der Waals surface area contributed by atoms with Gasteiger partial charge < -0.3 is 9.84 Å². The van der Waals surface area contributed by atoms with E-state index in [4.69, 9.17) is 9.84 Å². The number of fused-ring (bicyclic) bond motifs is 1. The Morgan fingerprint density at radius 3 is 2.94 bits per heavy atom. The lowest BCUT2D eigenvalue weighted by Crippen LogP contribution is -2.22. The fourth-order valence-corrected chi connectivity index (χ4v) is 1.57. The van der Waals surface area contributed by atoms with Crippen molar-refractivity contribution < 1.29 is 14.6 Å². The van der Waals surface area contributed by atoms with Gasteiger partial charge in [0.05, 0.1) is 13.5 Å². The van der Waals surface area contributed by atoms with E-state index >= 15 is 0 Å². The maximum Gasteiger partial charge on any atom is 0.308 e. The molecule has 0 unspecified atom stereocenters. The fourth-order valence-electron chi connectivity index (χ4n) is 1.57. The van der Waals surface area contributed by atoms with Gasteiger partial charge in [-0.1, -0.05) is 6.07 Å². The van der Waals surface area contributed by atoms with E-state index in [2.05, 4.69) is 4.98 Å². The third-order valence-electron chi connectivity index (χ3n) is 2.31. The van der Waals surface area contributed by atoms with Crippen molar-refractivity contribution in [3.05, 3.63) is 40.3 Å². The molecule has 0 aliphatic carbocycles. The molecule has 0 atom stereocenters. The topological polar surface area (TPSA) is 80.9 Å². The quantitative estimate of drug-likeness (QED) is 0.827. The Hall–Kier alpha value is -2.37. The van der Waals surface area contributed by atoms with E-state index in [9.17, 15) is 9.59 Å². The van der Waals surface area contributed by atoms with Crippen molar-refractivity contribution in [3.8, 4) is 5.88 Å². The standard InChI is InChI=1S/C11H10N2O4/c1-17-9-4-2-3-8-12-6-7(5-10(14)15)11(16)13(8)9/h2-4,6H,5H2,1H3,(H,14,15). The van der Waals surface area contributed by atoms with Gasteiger partial charge in [-0.25, -0.2) is 9.38 Å². The lowest BCUT2D eigenvalue weighted by molar-refractivity contribution is -0.136. The molecular weight excluding hydrogens is 224 g/mol. The largest absolute Gasteiger partial charge is 0.482 e. The van der Waals surface area contributed by atoms with Crippen LogP contribution in [0.15, 0.2) is 29.2 Å². The van der Waals surface area contributed by atoms with Gasteiger partial charge in [-0.3, -0.25) is 9.59 Å². The van der Waals surface area contributed by atoms with E-state index in [1.54, 1.807) is 18.2 Å². The number of nitrogens with zero attached hydrogens (tertiary/aromatic N) is 2. The van der Waals surface area contributed by atoms with E-state index < -0.39 is 11.5 Å². The number of methoxy groups -OCH3 is 1. The first-order valence-electron chi connectivity index (χ1n) is 4.89. The van der Waals surface area contributed by atoms with Gasteiger partial charge in [-0.2, -0.15) is 0 Å². The highest BCUT2D eigenvalue weighted by molar-refractivity contribution is 5.70. The minimum atomic E-state index is -1.07. The number of aliphatic carboxylic acids is 1. The Morgan fingerprint density at radius 2 is 2.29 bits per heavy atom. The summed E-state index contributed by atoms with van der Waals surface area (Å²) < 4.78 is 6.29. The van der Waals surface area contributed by atoms with Gasteiger partial charge in [0.1, 0.15) is 5.65 Å². The molecular formula is C11H10N2O4. The molecule has 0 saturated carbocycles. The van der Waals surface area contributed by atoms with Crippen LogP contribution in [-0.4, -0.2) is 27.6 Å². The van der Waals surface area contributed by atoms with E-state index in [1.807, 2.05) is 0 Å². The Bertz CT molecular complexity index is 633. The van der Waals surface area contributed by atoms with Crippen LogP contribution in [0.3, 0.4) is 0 Å². The summed E-state index contributed by atoms with van der Waals surface area (Å²) in [6, 6.07) is 4.96. The molecule has 0 fully saturated rings. The maximum atomic E-state index is 12.0. The second-order valence-corrected chi connectivity index (χ2v) is 3.42. The highest BCUT2D eigenvalue weighted by Gasteiger charge is 2.10. The first-order valence-corrected chi connectivity index (χ1v) is 4.89. The zero-order valence-corrected chi connectivity index (χ0v) is 9.08. The van der Waals surface area contributed by atoms with Crippen LogP contribution in [0.5, 0.6) is 5.88 Å². The van der Waals surface area contributed by atoms with Crippen LogP contribution in [0.2, 0.25) is 0 Å². The van der Waals surface area contributed by atoms with Crippen LogP contribution < -0.4 is 10.3 Å². The van der Waals surface area contributed by atoms with Gasteiger partial charge in [0.25, 0.3) is 5.56 Å². The summed E-state index contributed by atoms with van der Waals surface area (Å²) in [5.74, 6) is -0.744. The van der Waals surface area contributed by atoms with Gasteiger partial charge in [0.15, 0.2) is 0 Å². The lowest BCUT2D eigenvalue weighted by Gasteiger charge is -2.07. The van der Waals surface area contributed by atoms with Crippen LogP contribution in [0.25, 0.3) is 5.65 Å². The second-order valence-electron chi connectivity index (χ2n) is 3.42. The number of rotatable bonds is 3. The van der Waals surface area contributed by atoms with Crippen molar-refractivity contribution in [2.45, 2.75) is 6.42 Å². The summed E-state index contributed by atoms with van der Waals surface area (Å²) in [5.41, 5.74) is 0.123. The molecule has 0 amide bonds. The van der Waals surface area contributed by atoms with E-state index in [0.717, 1.165) is 0 Å². The molecule has 0 bridgehead atoms. The molecule has 2 aromatic rings. The Morgan fingerprint density at radius 1 is 1.53 bits per heavy atom. The number of carboxylic acid groups (broad SMARTS) is 1. The molecule has 0 aliphatic rings. The summed E-state index contributed by atoms with van der Waals surface area (Å²) in [6.45, 7) is 0. The zero-order valence-electron chi connectivity index (χ0n) is 9.08. The molecule has 17 heavy (non-hydrogen) atoms. The molecule has 2 rings (SSSR count). The van der Waals surface area contributed by atoms with E-state index in [0.29, 0.717) is 11.5 Å². The summed E-state index contributed by atoms with van der Waals surface area (Å²) in [6.07, 6.45) is 0.929. The number of aromatic nitrogens is 2. The number of hydrogen-bond donors (Lipinski definition) is 1. The SMILES string of the molecule is COc1cccc2ncc(CC(=O)O)c(=O)n12. The van der Waals surface area contributed by atoms with Crippen molar-refractivity contribution in [2.24, 2.45) is 0 Å². The van der Waals surface area contributed by atoms with Gasteiger partial charge in [0, 0.05) is 11.8 Å². The number of ether oxygens (including phenoxy) is 1. The second kappa shape index (κ2) is 4.25. The minimum absolute atomic E-state index is 0.125. The number of carboxylic acids is 1. The highest BCUT2D eigenvalue weighted by atomic mass is 16.5. The van der Waals surface area contributed by atoms with Crippen molar-refractivity contribution in [3.63, 3.8) is 0 Å². The first-order chi connectivity index (χ1) is 8.13. The normalized spacial score (nSPS) is 10.4. The van der Waals surface area contributed by atoms with E-state index in [1.165, 1.54) is 17.7 Å². The molecule has 0 aromatic carbocycles. The summed E-state index contributed by atoms with van der Waals surface area (Å²) in [4.78, 5) is 26.7. The van der Waals surface area contributed by atoms with Gasteiger partial charge >= 0.3 is 5.97 Å². The van der Waals surface area contributed by atoms with Crippen LogP contribution in [0.4, 0.5) is 0 Å². The average molecular weight is 234 g/mol. The van der Waals surface area contributed by atoms with Crippen molar-refractivity contribution in [2.75, 3.05) is 7.11 Å². The number of carbonyl (C=O) groups is 1. The summed E-state index contributed by atoms with van der Waals surface area (Å²) in [7, 11) is 1.44. The summed E-state index contributed by atoms with van der Waals surface area (Å²) in [5, 5.41) is 8.68. The Kier molecular flexibility index (Phi) is 2.78. The molecule has 0 spiro atoms. The molecule has 1 N–H and O–H groups in total. The maximum absolute atomic E-state index is 12.0. The number of hydrogen-bond acceptors (Lipinski definition) is 4. The Balaban J connectivity index is 2.73. The van der Waals surface area contributed by atoms with E-state index in [-0.39, 0.29) is 12.0 Å². The third kappa shape index (κ3) is 1.96. The van der Waals surface area contributed by atoms with Gasteiger partial charge in [-0.15, -0.1) is 0 Å². The fraction of sp³-hybridized carbons (Fsp3) is 0.182. The molecule has 0 aliphatic heterocycles. The molecule has 0 radical (unpaired) electrons. The van der Waals surface area contributed by atoms with Gasteiger partial charge in [-0.05, 0) is 12.1 Å². The van der Waals surface area contributed by atoms with Crippen molar-refractivity contribution in [1.82, 2.24) is 9.38 Å². The number of pyridine rings is 1. The predicted octanol–water partition coefficient (Wildman–Crippen LogP) is 0.330. The average Bonchev–Trinajstić information content (AvgIpc) is 2.31.